The molecule has 7 heteroatoms. The summed E-state index contributed by atoms with van der Waals surface area (Å²) >= 11 is 0. The van der Waals surface area contributed by atoms with Gasteiger partial charge < -0.3 is 10.2 Å². The molecule has 1 rings (SSSR count). The number of nitro benzene ring substituents is 1. The average molecular weight is 239 g/mol. The smallest absolute Gasteiger partial charge is 0.337 e. The van der Waals surface area contributed by atoms with Crippen molar-refractivity contribution in [3.63, 3.8) is 0 Å². The van der Waals surface area contributed by atoms with Crippen LogP contribution in [0.3, 0.4) is 0 Å². The van der Waals surface area contributed by atoms with Crippen LogP contribution >= 0.6 is 0 Å². The molecule has 1 unspecified atom stereocenters. The van der Waals surface area contributed by atoms with Crippen molar-refractivity contribution < 1.29 is 24.7 Å². The predicted octanol–water partition coefficient (Wildman–Crippen LogP) is 0.834. The van der Waals surface area contributed by atoms with Gasteiger partial charge >= 0.3 is 5.97 Å². The molecule has 1 atom stereocenters. The number of aliphatic hydroxyl groups excluding tert-OH is 1. The number of hydrogen-bond acceptors (Lipinski definition) is 5. The summed E-state index contributed by atoms with van der Waals surface area (Å²) < 4.78 is 0. The van der Waals surface area contributed by atoms with Gasteiger partial charge in [-0.2, -0.15) is 0 Å². The number of nitro groups is 1. The minimum Gasteiger partial charge on any atom is -0.479 e. The van der Waals surface area contributed by atoms with Gasteiger partial charge in [0.15, 0.2) is 12.4 Å². The van der Waals surface area contributed by atoms with Crippen molar-refractivity contribution in [3.8, 4) is 0 Å². The summed E-state index contributed by atoms with van der Waals surface area (Å²) in [5.74, 6) is -1.54. The van der Waals surface area contributed by atoms with Crippen LogP contribution in [0.25, 0.3) is 0 Å². The number of carboxylic acids is 1. The number of carboxylic acid groups (broad SMARTS) is 1. The van der Waals surface area contributed by atoms with E-state index in [0.717, 1.165) is 12.1 Å². The highest BCUT2D eigenvalue weighted by molar-refractivity contribution is 5.82. The van der Waals surface area contributed by atoms with E-state index in [2.05, 4.69) is 0 Å². The molecule has 0 amide bonds. The van der Waals surface area contributed by atoms with Gasteiger partial charge in [-0.3, -0.25) is 14.9 Å². The highest BCUT2D eigenvalue weighted by Crippen LogP contribution is 2.26. The van der Waals surface area contributed by atoms with E-state index in [4.69, 9.17) is 5.11 Å². The number of aldehydes is 1. The molecule has 1 aromatic rings. The maximum absolute atomic E-state index is 10.7. The lowest BCUT2D eigenvalue weighted by atomic mass is 9.98. The van der Waals surface area contributed by atoms with Crippen LogP contribution in [0.15, 0.2) is 12.1 Å². The van der Waals surface area contributed by atoms with E-state index >= 15 is 0 Å². The molecule has 0 spiro atoms. The van der Waals surface area contributed by atoms with E-state index in [1.165, 1.54) is 6.92 Å². The van der Waals surface area contributed by atoms with Gasteiger partial charge in [0, 0.05) is 23.3 Å². The lowest BCUT2D eigenvalue weighted by molar-refractivity contribution is -0.385. The summed E-state index contributed by atoms with van der Waals surface area (Å²) in [5, 5.41) is 28.6. The van der Waals surface area contributed by atoms with Gasteiger partial charge in [0.25, 0.3) is 5.69 Å². The summed E-state index contributed by atoms with van der Waals surface area (Å²) in [6.45, 7) is 1.41. The predicted molar refractivity (Wildman–Crippen MR) is 55.8 cm³/mol. The third-order valence-electron chi connectivity index (χ3n) is 2.34. The Labute approximate surface area is 95.5 Å². The molecule has 0 aromatic heterocycles. The Morgan fingerprint density at radius 3 is 2.53 bits per heavy atom. The first-order valence-electron chi connectivity index (χ1n) is 4.53. The van der Waals surface area contributed by atoms with Gasteiger partial charge in [-0.1, -0.05) is 0 Å². The Kier molecular flexibility index (Phi) is 3.54. The number of non-ortho nitro benzene ring substituents is 1. The number of aliphatic hydroxyl groups is 1. The molecule has 0 radical (unpaired) electrons. The highest BCUT2D eigenvalue weighted by atomic mass is 16.6. The number of aliphatic carboxylic acids is 1. The van der Waals surface area contributed by atoms with Crippen molar-refractivity contribution >= 4 is 17.9 Å². The van der Waals surface area contributed by atoms with Crippen LogP contribution in [-0.4, -0.2) is 27.4 Å². The lowest BCUT2D eigenvalue weighted by Crippen LogP contribution is -2.13. The fourth-order valence-electron chi connectivity index (χ4n) is 1.39. The lowest BCUT2D eigenvalue weighted by Gasteiger charge is -2.10. The van der Waals surface area contributed by atoms with E-state index < -0.39 is 22.7 Å². The average Bonchev–Trinajstić information content (AvgIpc) is 2.27. The third-order valence-corrected chi connectivity index (χ3v) is 2.34. The van der Waals surface area contributed by atoms with Gasteiger partial charge in [-0.25, -0.2) is 4.79 Å². The third kappa shape index (κ3) is 2.45. The van der Waals surface area contributed by atoms with Gasteiger partial charge in [0.1, 0.15) is 0 Å². The molecule has 0 aliphatic carbocycles. The molecule has 0 saturated heterocycles. The maximum Gasteiger partial charge on any atom is 0.337 e. The molecule has 1 aromatic carbocycles. The minimum absolute atomic E-state index is 0.0190. The van der Waals surface area contributed by atoms with Gasteiger partial charge in [-0.05, 0) is 12.5 Å². The fourth-order valence-corrected chi connectivity index (χ4v) is 1.39. The van der Waals surface area contributed by atoms with E-state index in [-0.39, 0.29) is 16.7 Å². The number of rotatable bonds is 4. The molecule has 17 heavy (non-hydrogen) atoms. The van der Waals surface area contributed by atoms with Gasteiger partial charge in [-0.15, -0.1) is 0 Å². The first-order valence-corrected chi connectivity index (χ1v) is 4.53. The Balaban J connectivity index is 3.47. The van der Waals surface area contributed by atoms with Crippen LogP contribution in [0.5, 0.6) is 0 Å². The van der Waals surface area contributed by atoms with Crippen LogP contribution in [0.2, 0.25) is 0 Å². The first kappa shape index (κ1) is 12.8. The van der Waals surface area contributed by atoms with E-state index in [9.17, 15) is 24.8 Å². The molecule has 7 nitrogen and oxygen atoms in total. The van der Waals surface area contributed by atoms with Crippen LogP contribution in [0.1, 0.15) is 27.6 Å². The first-order chi connectivity index (χ1) is 7.88. The standard InChI is InChI=1S/C10H9NO6/c1-5-6(4-12)2-7(11(16)17)3-8(5)9(13)10(14)15/h2-4,9,13H,1H3,(H,14,15). The molecule has 0 aliphatic rings. The van der Waals surface area contributed by atoms with Crippen molar-refractivity contribution in [2.24, 2.45) is 0 Å². The quantitative estimate of drug-likeness (QED) is 0.456. The Bertz CT molecular complexity index is 496. The molecule has 2 N–H and O–H groups in total. The Morgan fingerprint density at radius 1 is 1.53 bits per heavy atom. The number of benzene rings is 1. The number of carbonyl (C=O) groups excluding carboxylic acids is 1. The van der Waals surface area contributed by atoms with Crippen molar-refractivity contribution in [3.05, 3.63) is 38.9 Å². The largest absolute Gasteiger partial charge is 0.479 e. The fraction of sp³-hybridized carbons (Fsp3) is 0.200. The summed E-state index contributed by atoms with van der Waals surface area (Å²) in [5.41, 5.74) is -0.406. The summed E-state index contributed by atoms with van der Waals surface area (Å²) in [6, 6.07) is 1.97. The molecule has 0 fully saturated rings. The molecular formula is C10H9NO6. The van der Waals surface area contributed by atoms with Gasteiger partial charge in [0.2, 0.25) is 0 Å². The molecule has 90 valence electrons. The normalized spacial score (nSPS) is 11.9. The summed E-state index contributed by atoms with van der Waals surface area (Å²) in [6.07, 6.45) is -1.52. The SMILES string of the molecule is Cc1c(C=O)cc([N+](=O)[O-])cc1C(O)C(=O)O. The van der Waals surface area contributed by atoms with Crippen LogP contribution < -0.4 is 0 Å². The van der Waals surface area contributed by atoms with E-state index in [1.807, 2.05) is 0 Å². The molecule has 0 aliphatic heterocycles. The molecule has 0 bridgehead atoms. The summed E-state index contributed by atoms with van der Waals surface area (Å²) in [7, 11) is 0. The van der Waals surface area contributed by atoms with E-state index in [1.54, 1.807) is 0 Å². The number of nitrogens with zero attached hydrogens (tertiary/aromatic N) is 1. The molecular weight excluding hydrogens is 230 g/mol. The zero-order valence-corrected chi connectivity index (χ0v) is 8.78. The monoisotopic (exact) mass is 239 g/mol. The van der Waals surface area contributed by atoms with Crippen molar-refractivity contribution in [2.45, 2.75) is 13.0 Å². The maximum atomic E-state index is 10.7. The van der Waals surface area contributed by atoms with E-state index in [0.29, 0.717) is 6.29 Å². The Morgan fingerprint density at radius 2 is 2.12 bits per heavy atom. The van der Waals surface area contributed by atoms with Crippen LogP contribution in [0, 0.1) is 17.0 Å². The number of carbonyl (C=O) groups is 2. The van der Waals surface area contributed by atoms with Gasteiger partial charge in [0.05, 0.1) is 4.92 Å². The van der Waals surface area contributed by atoms with Crippen LogP contribution in [-0.2, 0) is 4.79 Å². The minimum atomic E-state index is -1.89. The van der Waals surface area contributed by atoms with Crippen molar-refractivity contribution in [2.75, 3.05) is 0 Å². The zero-order valence-electron chi connectivity index (χ0n) is 8.78. The highest BCUT2D eigenvalue weighted by Gasteiger charge is 2.23. The molecule has 0 saturated carbocycles. The second-order valence-corrected chi connectivity index (χ2v) is 3.36. The van der Waals surface area contributed by atoms with Crippen molar-refractivity contribution in [1.82, 2.24) is 0 Å². The van der Waals surface area contributed by atoms with Crippen molar-refractivity contribution in [1.29, 1.82) is 0 Å². The topological polar surface area (TPSA) is 118 Å². The second-order valence-electron chi connectivity index (χ2n) is 3.36. The molecule has 0 heterocycles. The summed E-state index contributed by atoms with van der Waals surface area (Å²) in [4.78, 5) is 31.1. The Hall–Kier alpha value is -2.28. The zero-order chi connectivity index (χ0) is 13.2. The number of hydrogen-bond donors (Lipinski definition) is 2. The second kappa shape index (κ2) is 4.71. The van der Waals surface area contributed by atoms with Crippen LogP contribution in [0.4, 0.5) is 5.69 Å².